The van der Waals surface area contributed by atoms with E-state index in [2.05, 4.69) is 5.32 Å². The standard InChI is InChI=1S/C6H14N4O2.C6H14N2O2.C6H13NO2.C5H10N2O3/c7-4(5(11)12)2-1-3-10-6(8)9;7-4-2-1-3-5(8)6(9)10;1-4(2)3-5(7)6(8)9;6-3(5(9)10)1-2-4(7)8/h4H,1-3,7H2,(H,11,12)(H4,8,9,10);5H,1-4,7-8H2,(H,9,10);4-5H,3,7H2,1-2H3,(H,8,9);3H,1-2,6H2,(H2,7,8)(H,9,10). The van der Waals surface area contributed by atoms with Crippen LogP contribution in [0.3, 0.4) is 0 Å². The number of hydrogen-bond acceptors (Lipinski definition) is 11. The molecule has 0 bridgehead atoms. The molecule has 18 nitrogen and oxygen atoms in total. The Bertz CT molecular complexity index is 771. The topological polar surface area (TPSA) is 384 Å². The van der Waals surface area contributed by atoms with E-state index in [1.165, 1.54) is 0 Å². The van der Waals surface area contributed by atoms with Crippen LogP contribution in [0.25, 0.3) is 0 Å². The van der Waals surface area contributed by atoms with Crippen LogP contribution < -0.4 is 45.5 Å². The number of amides is 1. The van der Waals surface area contributed by atoms with Crippen molar-refractivity contribution in [2.75, 3.05) is 13.1 Å². The van der Waals surface area contributed by atoms with Crippen molar-refractivity contribution >= 4 is 35.7 Å². The molecule has 0 aromatic rings. The Morgan fingerprint density at radius 2 is 1.07 bits per heavy atom. The number of carbonyl (C=O) groups excluding carboxylic acids is 1. The maximum atomic E-state index is 10.2. The summed E-state index contributed by atoms with van der Waals surface area (Å²) in [5.41, 5.74) is 35.7. The minimum absolute atomic E-state index is 0.0213. The van der Waals surface area contributed by atoms with Crippen molar-refractivity contribution in [2.24, 2.45) is 46.1 Å². The fourth-order valence-electron chi connectivity index (χ4n) is 2.33. The number of primary amides is 1. The summed E-state index contributed by atoms with van der Waals surface area (Å²) in [5.74, 6) is -4.24. The van der Waals surface area contributed by atoms with Crippen molar-refractivity contribution in [3.63, 3.8) is 0 Å². The third kappa shape index (κ3) is 38.6. The summed E-state index contributed by atoms with van der Waals surface area (Å²) in [6.45, 7) is 4.98. The van der Waals surface area contributed by atoms with Crippen molar-refractivity contribution in [2.45, 2.75) is 89.4 Å². The lowest BCUT2D eigenvalue weighted by molar-refractivity contribution is -0.139. The lowest BCUT2D eigenvalue weighted by Gasteiger charge is -2.07. The van der Waals surface area contributed by atoms with Gasteiger partial charge in [0.2, 0.25) is 5.91 Å². The highest BCUT2D eigenvalue weighted by molar-refractivity contribution is 5.77. The third-order valence-electron chi connectivity index (χ3n) is 4.67. The highest BCUT2D eigenvalue weighted by atomic mass is 16.4. The van der Waals surface area contributed by atoms with Crippen LogP contribution in [-0.2, 0) is 24.0 Å². The van der Waals surface area contributed by atoms with Gasteiger partial charge < -0.3 is 65.9 Å². The average molecular weight is 598 g/mol. The Kier molecular flexibility index (Phi) is 30.3. The molecule has 0 heterocycles. The first kappa shape index (κ1) is 44.4. The first-order valence-corrected chi connectivity index (χ1v) is 12.8. The summed E-state index contributed by atoms with van der Waals surface area (Å²) < 4.78 is 0. The number of carboxylic acid groups (broad SMARTS) is 4. The zero-order valence-corrected chi connectivity index (χ0v) is 23.8. The van der Waals surface area contributed by atoms with E-state index in [1.54, 1.807) is 0 Å². The van der Waals surface area contributed by atoms with E-state index in [1.807, 2.05) is 13.8 Å². The van der Waals surface area contributed by atoms with Crippen molar-refractivity contribution in [3.05, 3.63) is 0 Å². The Morgan fingerprint density at radius 1 is 0.683 bits per heavy atom. The number of carbonyl (C=O) groups is 5. The first-order valence-electron chi connectivity index (χ1n) is 12.8. The van der Waals surface area contributed by atoms with Crippen LogP contribution in [0.5, 0.6) is 0 Å². The largest absolute Gasteiger partial charge is 0.480 e. The molecule has 0 saturated carbocycles. The molecule has 0 spiro atoms. The van der Waals surface area contributed by atoms with Crippen LogP contribution in [0.2, 0.25) is 0 Å². The third-order valence-corrected chi connectivity index (χ3v) is 4.67. The predicted octanol–water partition coefficient (Wildman–Crippen LogP) is -2.70. The molecule has 0 aromatic heterocycles. The summed E-state index contributed by atoms with van der Waals surface area (Å²) in [6, 6.07) is -3.21. The number of nitrogens with one attached hydrogen (secondary N) is 2. The normalized spacial score (nSPS) is 12.8. The van der Waals surface area contributed by atoms with Crippen molar-refractivity contribution < 1.29 is 44.4 Å². The van der Waals surface area contributed by atoms with Gasteiger partial charge in [0.25, 0.3) is 0 Å². The lowest BCUT2D eigenvalue weighted by atomic mass is 10.1. The molecule has 0 aliphatic heterocycles. The minimum atomic E-state index is -1.11. The molecule has 0 saturated heterocycles. The molecule has 18 heteroatoms. The highest BCUT2D eigenvalue weighted by Crippen LogP contribution is 2.01. The SMILES string of the molecule is CC(C)CC(N)C(=O)O.N=C(N)NCCCC(N)C(=O)O.NC(=O)CCC(N)C(=O)O.NCCCCC(N)C(=O)O. The van der Waals surface area contributed by atoms with Gasteiger partial charge in [-0.1, -0.05) is 20.3 Å². The van der Waals surface area contributed by atoms with Gasteiger partial charge in [0.15, 0.2) is 5.96 Å². The van der Waals surface area contributed by atoms with Gasteiger partial charge in [-0.3, -0.25) is 29.4 Å². The summed E-state index contributed by atoms with van der Waals surface area (Å²) in [4.78, 5) is 50.6. The van der Waals surface area contributed by atoms with E-state index in [-0.39, 0.29) is 18.8 Å². The fourth-order valence-corrected chi connectivity index (χ4v) is 2.33. The molecule has 0 radical (unpaired) electrons. The fraction of sp³-hybridized carbons (Fsp3) is 0.739. The van der Waals surface area contributed by atoms with Gasteiger partial charge in [-0.25, -0.2) is 0 Å². The molecule has 0 fully saturated rings. The first-order chi connectivity index (χ1) is 18.8. The number of unbranched alkanes of at least 4 members (excludes halogenated alkanes) is 1. The van der Waals surface area contributed by atoms with Crippen LogP contribution in [0.4, 0.5) is 0 Å². The number of guanidine groups is 1. The molecule has 1 amide bonds. The summed E-state index contributed by atoms with van der Waals surface area (Å²) in [5, 5.41) is 42.6. The van der Waals surface area contributed by atoms with Gasteiger partial charge in [-0.2, -0.15) is 0 Å². The van der Waals surface area contributed by atoms with E-state index in [0.717, 1.165) is 12.8 Å². The van der Waals surface area contributed by atoms with Crippen molar-refractivity contribution in [1.29, 1.82) is 5.41 Å². The number of carboxylic acids is 4. The van der Waals surface area contributed by atoms with Crippen LogP contribution in [0.15, 0.2) is 0 Å². The molecule has 20 N–H and O–H groups in total. The van der Waals surface area contributed by atoms with Gasteiger partial charge in [0, 0.05) is 13.0 Å². The van der Waals surface area contributed by atoms with E-state index >= 15 is 0 Å². The highest BCUT2D eigenvalue weighted by Gasteiger charge is 2.13. The Morgan fingerprint density at radius 3 is 1.37 bits per heavy atom. The average Bonchev–Trinajstić information content (AvgIpc) is 2.85. The molecule has 4 unspecified atom stereocenters. The van der Waals surface area contributed by atoms with Crippen LogP contribution in [-0.4, -0.2) is 93.4 Å². The van der Waals surface area contributed by atoms with Gasteiger partial charge in [-0.15, -0.1) is 0 Å². The second kappa shape index (κ2) is 28.0. The zero-order valence-electron chi connectivity index (χ0n) is 23.8. The van der Waals surface area contributed by atoms with Gasteiger partial charge in [0.05, 0.1) is 0 Å². The van der Waals surface area contributed by atoms with Crippen LogP contribution in [0, 0.1) is 11.3 Å². The second-order valence-corrected chi connectivity index (χ2v) is 9.18. The van der Waals surface area contributed by atoms with E-state index in [0.29, 0.717) is 44.7 Å². The molecular formula is C23H51N9O9. The molecule has 4 atom stereocenters. The number of nitrogens with two attached hydrogens (primary N) is 7. The molecular weight excluding hydrogens is 546 g/mol. The predicted molar refractivity (Wildman–Crippen MR) is 152 cm³/mol. The van der Waals surface area contributed by atoms with Crippen LogP contribution in [0.1, 0.15) is 65.2 Å². The van der Waals surface area contributed by atoms with Gasteiger partial charge >= 0.3 is 23.9 Å². The molecule has 242 valence electrons. The summed E-state index contributed by atoms with van der Waals surface area (Å²) in [7, 11) is 0. The molecule has 0 aliphatic carbocycles. The zero-order chi connectivity index (χ0) is 33.1. The molecule has 41 heavy (non-hydrogen) atoms. The Balaban J connectivity index is -0.000000224. The van der Waals surface area contributed by atoms with Crippen molar-refractivity contribution in [3.8, 4) is 0 Å². The molecule has 0 aromatic carbocycles. The second-order valence-electron chi connectivity index (χ2n) is 9.18. The molecule has 0 rings (SSSR count). The Hall–Kier alpha value is -3.58. The van der Waals surface area contributed by atoms with E-state index in [4.69, 9.17) is 66.0 Å². The lowest BCUT2D eigenvalue weighted by Crippen LogP contribution is -2.34. The van der Waals surface area contributed by atoms with E-state index < -0.39 is 54.0 Å². The maximum absolute atomic E-state index is 10.2. The van der Waals surface area contributed by atoms with Crippen LogP contribution >= 0.6 is 0 Å². The maximum Gasteiger partial charge on any atom is 0.320 e. The number of hydrogen-bond donors (Lipinski definition) is 13. The Labute approximate surface area is 239 Å². The summed E-state index contributed by atoms with van der Waals surface area (Å²) in [6.07, 6.45) is 3.81. The van der Waals surface area contributed by atoms with Gasteiger partial charge in [-0.05, 0) is 51.0 Å². The van der Waals surface area contributed by atoms with Gasteiger partial charge in [0.1, 0.15) is 24.2 Å². The minimum Gasteiger partial charge on any atom is -0.480 e. The number of aliphatic carboxylic acids is 4. The quantitative estimate of drug-likeness (QED) is 0.0460. The molecule has 0 aliphatic rings. The van der Waals surface area contributed by atoms with Crippen molar-refractivity contribution in [1.82, 2.24) is 5.32 Å². The summed E-state index contributed by atoms with van der Waals surface area (Å²) >= 11 is 0. The monoisotopic (exact) mass is 597 g/mol. The van der Waals surface area contributed by atoms with E-state index in [9.17, 15) is 24.0 Å². The number of rotatable bonds is 17. The smallest absolute Gasteiger partial charge is 0.320 e.